The highest BCUT2D eigenvalue weighted by atomic mass is 16.5. The first-order chi connectivity index (χ1) is 9.67. The monoisotopic (exact) mass is 278 g/mol. The van der Waals surface area contributed by atoms with Crippen molar-refractivity contribution in [2.24, 2.45) is 0 Å². The predicted molar refractivity (Wildman–Crippen MR) is 87.5 cm³/mol. The molecule has 0 saturated heterocycles. The number of methoxy groups -OCH3 is 1. The molecule has 1 aromatic carbocycles. The van der Waals surface area contributed by atoms with E-state index >= 15 is 0 Å². The lowest BCUT2D eigenvalue weighted by atomic mass is 10.0. The van der Waals surface area contributed by atoms with E-state index in [0.717, 1.165) is 32.5 Å². The number of anilines is 1. The molecule has 3 nitrogen and oxygen atoms in total. The highest BCUT2D eigenvalue weighted by Gasteiger charge is 2.16. The zero-order valence-corrected chi connectivity index (χ0v) is 13.7. The third kappa shape index (κ3) is 4.50. The van der Waals surface area contributed by atoms with Crippen molar-refractivity contribution in [2.45, 2.75) is 46.2 Å². The van der Waals surface area contributed by atoms with Gasteiger partial charge in [0.05, 0.1) is 6.61 Å². The van der Waals surface area contributed by atoms with Crippen molar-refractivity contribution in [3.8, 4) is 0 Å². The lowest BCUT2D eigenvalue weighted by Crippen LogP contribution is -2.37. The molecule has 114 valence electrons. The van der Waals surface area contributed by atoms with Crippen LogP contribution >= 0.6 is 0 Å². The fourth-order valence-corrected chi connectivity index (χ4v) is 2.69. The van der Waals surface area contributed by atoms with Gasteiger partial charge >= 0.3 is 0 Å². The SMILES string of the molecule is CCC(CC)N(CCOC)c1ccc(CNC)c(C)c1. The number of hydrogen-bond acceptors (Lipinski definition) is 3. The molecule has 0 aliphatic carbocycles. The Morgan fingerprint density at radius 3 is 2.45 bits per heavy atom. The Morgan fingerprint density at radius 2 is 1.95 bits per heavy atom. The van der Waals surface area contributed by atoms with Gasteiger partial charge in [0, 0.05) is 31.9 Å². The van der Waals surface area contributed by atoms with E-state index in [0.29, 0.717) is 6.04 Å². The summed E-state index contributed by atoms with van der Waals surface area (Å²) in [5, 5.41) is 3.22. The molecule has 0 aliphatic rings. The first-order valence-electron chi connectivity index (χ1n) is 7.67. The number of nitrogens with zero attached hydrogens (tertiary/aromatic N) is 1. The average molecular weight is 278 g/mol. The Bertz CT molecular complexity index is 389. The Labute approximate surface area is 124 Å². The first kappa shape index (κ1) is 17.0. The van der Waals surface area contributed by atoms with Crippen molar-refractivity contribution in [3.63, 3.8) is 0 Å². The molecule has 3 heteroatoms. The molecular weight excluding hydrogens is 248 g/mol. The van der Waals surface area contributed by atoms with E-state index in [1.165, 1.54) is 16.8 Å². The van der Waals surface area contributed by atoms with Gasteiger partial charge in [-0.1, -0.05) is 19.9 Å². The molecule has 0 aromatic heterocycles. The summed E-state index contributed by atoms with van der Waals surface area (Å²) in [5.41, 5.74) is 4.03. The molecule has 0 amide bonds. The van der Waals surface area contributed by atoms with Crippen molar-refractivity contribution >= 4 is 5.69 Å². The quantitative estimate of drug-likeness (QED) is 0.749. The molecule has 1 N–H and O–H groups in total. The minimum Gasteiger partial charge on any atom is -0.383 e. The van der Waals surface area contributed by atoms with Crippen molar-refractivity contribution in [1.82, 2.24) is 5.32 Å². The summed E-state index contributed by atoms with van der Waals surface area (Å²) >= 11 is 0. The maximum Gasteiger partial charge on any atom is 0.0637 e. The van der Waals surface area contributed by atoms with E-state index in [9.17, 15) is 0 Å². The van der Waals surface area contributed by atoms with Gasteiger partial charge in [-0.15, -0.1) is 0 Å². The zero-order valence-electron chi connectivity index (χ0n) is 13.7. The van der Waals surface area contributed by atoms with Gasteiger partial charge in [0.25, 0.3) is 0 Å². The normalized spacial score (nSPS) is 11.1. The topological polar surface area (TPSA) is 24.5 Å². The Morgan fingerprint density at radius 1 is 1.25 bits per heavy atom. The molecule has 0 fully saturated rings. The van der Waals surface area contributed by atoms with Crippen LogP contribution in [0.5, 0.6) is 0 Å². The number of ether oxygens (including phenoxy) is 1. The first-order valence-corrected chi connectivity index (χ1v) is 7.67. The molecule has 0 radical (unpaired) electrons. The number of nitrogens with one attached hydrogen (secondary N) is 1. The molecule has 1 aromatic rings. The average Bonchev–Trinajstić information content (AvgIpc) is 2.46. The van der Waals surface area contributed by atoms with E-state index in [1.807, 2.05) is 7.05 Å². The van der Waals surface area contributed by atoms with Crippen LogP contribution in [0.15, 0.2) is 18.2 Å². The van der Waals surface area contributed by atoms with Crippen LogP contribution in [0.1, 0.15) is 37.8 Å². The molecule has 0 saturated carbocycles. The molecule has 0 atom stereocenters. The van der Waals surface area contributed by atoms with Crippen LogP contribution in [0.2, 0.25) is 0 Å². The minimum absolute atomic E-state index is 0.583. The van der Waals surface area contributed by atoms with E-state index in [-0.39, 0.29) is 0 Å². The summed E-state index contributed by atoms with van der Waals surface area (Å²) in [6, 6.07) is 7.37. The Kier molecular flexibility index (Phi) is 7.63. The van der Waals surface area contributed by atoms with E-state index < -0.39 is 0 Å². The van der Waals surface area contributed by atoms with Crippen LogP contribution in [-0.4, -0.2) is 33.4 Å². The maximum absolute atomic E-state index is 5.27. The van der Waals surface area contributed by atoms with Crippen LogP contribution in [0.4, 0.5) is 5.69 Å². The van der Waals surface area contributed by atoms with Crippen molar-refractivity contribution in [1.29, 1.82) is 0 Å². The van der Waals surface area contributed by atoms with Gasteiger partial charge in [0.1, 0.15) is 0 Å². The number of aryl methyl sites for hydroxylation is 1. The molecule has 1 rings (SSSR count). The minimum atomic E-state index is 0.583. The van der Waals surface area contributed by atoms with Gasteiger partial charge in [-0.05, 0) is 50.1 Å². The second-order valence-electron chi connectivity index (χ2n) is 5.30. The molecule has 0 aliphatic heterocycles. The fraction of sp³-hybridized carbons (Fsp3) is 0.647. The van der Waals surface area contributed by atoms with Gasteiger partial charge in [-0.25, -0.2) is 0 Å². The Hall–Kier alpha value is -1.06. The van der Waals surface area contributed by atoms with Gasteiger partial charge in [-0.2, -0.15) is 0 Å². The number of benzene rings is 1. The predicted octanol–water partition coefficient (Wildman–Crippen LogP) is 3.36. The summed E-state index contributed by atoms with van der Waals surface area (Å²) in [7, 11) is 3.76. The van der Waals surface area contributed by atoms with Crippen molar-refractivity contribution in [2.75, 3.05) is 32.2 Å². The molecule has 0 spiro atoms. The van der Waals surface area contributed by atoms with Crippen LogP contribution in [0, 0.1) is 6.92 Å². The molecule has 20 heavy (non-hydrogen) atoms. The van der Waals surface area contributed by atoms with Crippen LogP contribution in [0.25, 0.3) is 0 Å². The summed E-state index contributed by atoms with van der Waals surface area (Å²) in [5.74, 6) is 0. The van der Waals surface area contributed by atoms with Crippen molar-refractivity contribution in [3.05, 3.63) is 29.3 Å². The Balaban J connectivity index is 2.97. The van der Waals surface area contributed by atoms with Gasteiger partial charge < -0.3 is 15.0 Å². The van der Waals surface area contributed by atoms with Gasteiger partial charge in [0.15, 0.2) is 0 Å². The van der Waals surface area contributed by atoms with Gasteiger partial charge in [0.2, 0.25) is 0 Å². The third-order valence-electron chi connectivity index (χ3n) is 3.94. The van der Waals surface area contributed by atoms with Gasteiger partial charge in [-0.3, -0.25) is 0 Å². The summed E-state index contributed by atoms with van der Waals surface area (Å²) < 4.78 is 5.27. The zero-order chi connectivity index (χ0) is 15.0. The summed E-state index contributed by atoms with van der Waals surface area (Å²) in [6.45, 7) is 9.36. The van der Waals surface area contributed by atoms with Crippen LogP contribution in [-0.2, 0) is 11.3 Å². The van der Waals surface area contributed by atoms with E-state index in [2.05, 4.69) is 49.2 Å². The smallest absolute Gasteiger partial charge is 0.0637 e. The third-order valence-corrected chi connectivity index (χ3v) is 3.94. The summed E-state index contributed by atoms with van der Waals surface area (Å²) in [6.07, 6.45) is 2.33. The molecular formula is C17H30N2O. The molecule has 0 bridgehead atoms. The lowest BCUT2D eigenvalue weighted by Gasteiger charge is -2.33. The van der Waals surface area contributed by atoms with E-state index in [1.54, 1.807) is 7.11 Å². The second kappa shape index (κ2) is 8.98. The summed E-state index contributed by atoms with van der Waals surface area (Å²) in [4.78, 5) is 2.49. The second-order valence-corrected chi connectivity index (χ2v) is 5.30. The lowest BCUT2D eigenvalue weighted by molar-refractivity contribution is 0.202. The van der Waals surface area contributed by atoms with Crippen LogP contribution in [0.3, 0.4) is 0 Å². The highest BCUT2D eigenvalue weighted by molar-refractivity contribution is 5.51. The molecule has 0 unspecified atom stereocenters. The van der Waals surface area contributed by atoms with Crippen LogP contribution < -0.4 is 10.2 Å². The highest BCUT2D eigenvalue weighted by Crippen LogP contribution is 2.23. The number of hydrogen-bond donors (Lipinski definition) is 1. The van der Waals surface area contributed by atoms with E-state index in [4.69, 9.17) is 4.74 Å². The van der Waals surface area contributed by atoms with Crippen molar-refractivity contribution < 1.29 is 4.74 Å². The largest absolute Gasteiger partial charge is 0.383 e. The molecule has 0 heterocycles. The standard InChI is InChI=1S/C17H30N2O/c1-6-16(7-2)19(10-11-20-5)17-9-8-15(13-18-4)14(3)12-17/h8-9,12,16,18H,6-7,10-11,13H2,1-5H3. The fourth-order valence-electron chi connectivity index (χ4n) is 2.69. The maximum atomic E-state index is 5.27. The number of rotatable bonds is 9.